The minimum Gasteiger partial charge on any atom is -0.310 e. The van der Waals surface area contributed by atoms with Crippen molar-refractivity contribution in [2.45, 2.75) is 0 Å². The molecule has 10 aromatic carbocycles. The fourth-order valence-electron chi connectivity index (χ4n) is 8.73. The minimum absolute atomic E-state index is 1.07. The van der Waals surface area contributed by atoms with Crippen molar-refractivity contribution >= 4 is 88.2 Å². The Kier molecular flexibility index (Phi) is 7.82. The highest BCUT2D eigenvalue weighted by Gasteiger charge is 2.20. The molecule has 0 amide bonds. The molecule has 11 rings (SSSR count). The van der Waals surface area contributed by atoms with Gasteiger partial charge >= 0.3 is 0 Å². The molecule has 268 valence electrons. The number of para-hydroxylation sites is 4. The van der Waals surface area contributed by atoms with Gasteiger partial charge in [-0.25, -0.2) is 0 Å². The van der Waals surface area contributed by atoms with Crippen LogP contribution in [0.5, 0.6) is 0 Å². The molecule has 1 aromatic heterocycles. The summed E-state index contributed by atoms with van der Waals surface area (Å²) in [6, 6.07) is 81.1. The Morgan fingerprint density at radius 1 is 0.246 bits per heavy atom. The van der Waals surface area contributed by atoms with Crippen LogP contribution in [0.2, 0.25) is 0 Å². The highest BCUT2D eigenvalue weighted by atomic mass is 15.2. The lowest BCUT2D eigenvalue weighted by Gasteiger charge is -2.29. The number of benzene rings is 10. The lowest BCUT2D eigenvalue weighted by atomic mass is 9.96. The summed E-state index contributed by atoms with van der Waals surface area (Å²) in [4.78, 5) is 4.74. The van der Waals surface area contributed by atoms with Crippen molar-refractivity contribution in [1.29, 1.82) is 0 Å². The predicted octanol–water partition coefficient (Wildman–Crippen LogP) is 15.2. The molecule has 0 N–H and O–H groups in total. The average molecular weight is 728 g/mol. The Balaban J connectivity index is 1.07. The van der Waals surface area contributed by atoms with E-state index in [-0.39, 0.29) is 0 Å². The fraction of sp³-hybridized carbons (Fsp3) is 0. The Bertz CT molecular complexity index is 3240. The van der Waals surface area contributed by atoms with E-state index in [2.05, 4.69) is 239 Å². The van der Waals surface area contributed by atoms with Gasteiger partial charge in [-0.1, -0.05) is 133 Å². The highest BCUT2D eigenvalue weighted by Crippen LogP contribution is 2.43. The Morgan fingerprint density at radius 3 is 1.42 bits per heavy atom. The Labute approximate surface area is 331 Å². The maximum absolute atomic E-state index is 2.37. The van der Waals surface area contributed by atoms with E-state index in [1.807, 2.05) is 0 Å². The molecule has 0 unspecified atom stereocenters. The third-order valence-electron chi connectivity index (χ3n) is 11.3. The third-order valence-corrected chi connectivity index (χ3v) is 11.3. The molecule has 0 atom stereocenters. The molecule has 0 aliphatic heterocycles. The second-order valence-electron chi connectivity index (χ2n) is 14.6. The number of anilines is 6. The summed E-state index contributed by atoms with van der Waals surface area (Å²) in [5.41, 5.74) is 10.1. The molecule has 57 heavy (non-hydrogen) atoms. The second-order valence-corrected chi connectivity index (χ2v) is 14.6. The van der Waals surface area contributed by atoms with Gasteiger partial charge in [-0.15, -0.1) is 0 Å². The Morgan fingerprint density at radius 2 is 0.719 bits per heavy atom. The summed E-state index contributed by atoms with van der Waals surface area (Å²) < 4.78 is 2.37. The van der Waals surface area contributed by atoms with Crippen molar-refractivity contribution in [1.82, 2.24) is 4.57 Å². The number of hydrogen-bond donors (Lipinski definition) is 0. The minimum atomic E-state index is 1.07. The van der Waals surface area contributed by atoms with Gasteiger partial charge in [-0.2, -0.15) is 0 Å². The predicted molar refractivity (Wildman–Crippen MR) is 243 cm³/mol. The van der Waals surface area contributed by atoms with Crippen LogP contribution >= 0.6 is 0 Å². The molecule has 0 spiro atoms. The first-order chi connectivity index (χ1) is 28.3. The standard InChI is InChI=1S/C54H37N3/c1-4-16-40(17-5-1)55(45-29-33-48-39(35-45)28-32-49-47-24-11-10-15-38(47)27-31-50(48)49)43-22-14-23-44(36-43)56(41-18-6-2-7-19-41)46-30-34-54-52(37-46)51-25-12-13-26-53(51)57(54)42-20-8-3-9-21-42/h1-37H. The first-order valence-electron chi connectivity index (χ1n) is 19.5. The first-order valence-corrected chi connectivity index (χ1v) is 19.5. The third kappa shape index (κ3) is 5.60. The molecule has 1 heterocycles. The summed E-state index contributed by atoms with van der Waals surface area (Å²) in [6.07, 6.45) is 0. The van der Waals surface area contributed by atoms with E-state index in [0.29, 0.717) is 0 Å². The lowest BCUT2D eigenvalue weighted by molar-refractivity contribution is 1.18. The molecule has 0 aliphatic rings. The first kappa shape index (κ1) is 32.8. The topological polar surface area (TPSA) is 11.4 Å². The summed E-state index contributed by atoms with van der Waals surface area (Å²) in [5, 5.41) is 10.0. The number of aromatic nitrogens is 1. The van der Waals surface area contributed by atoms with Crippen LogP contribution in [0, 0.1) is 0 Å². The molecule has 0 saturated heterocycles. The molecule has 0 fully saturated rings. The van der Waals surface area contributed by atoms with Gasteiger partial charge in [-0.05, 0) is 123 Å². The summed E-state index contributed by atoms with van der Waals surface area (Å²) in [7, 11) is 0. The van der Waals surface area contributed by atoms with Gasteiger partial charge in [0, 0.05) is 50.6 Å². The van der Waals surface area contributed by atoms with Crippen molar-refractivity contribution < 1.29 is 0 Å². The average Bonchev–Trinajstić information content (AvgIpc) is 3.61. The van der Waals surface area contributed by atoms with Crippen LogP contribution in [0.4, 0.5) is 34.1 Å². The maximum Gasteiger partial charge on any atom is 0.0542 e. The van der Waals surface area contributed by atoms with Gasteiger partial charge in [0.25, 0.3) is 0 Å². The van der Waals surface area contributed by atoms with Crippen molar-refractivity contribution in [3.8, 4) is 5.69 Å². The van der Waals surface area contributed by atoms with Crippen LogP contribution < -0.4 is 9.80 Å². The highest BCUT2D eigenvalue weighted by molar-refractivity contribution is 6.17. The van der Waals surface area contributed by atoms with Gasteiger partial charge < -0.3 is 14.4 Å². The maximum atomic E-state index is 2.37. The number of rotatable bonds is 7. The van der Waals surface area contributed by atoms with Crippen molar-refractivity contribution in [2.75, 3.05) is 9.80 Å². The molecule has 0 bridgehead atoms. The molecular formula is C54H37N3. The molecule has 0 saturated carbocycles. The van der Waals surface area contributed by atoms with Crippen LogP contribution in [-0.4, -0.2) is 4.57 Å². The molecule has 3 heteroatoms. The molecule has 0 aliphatic carbocycles. The van der Waals surface area contributed by atoms with Gasteiger partial charge in [-0.3, -0.25) is 0 Å². The smallest absolute Gasteiger partial charge is 0.0542 e. The van der Waals surface area contributed by atoms with E-state index >= 15 is 0 Å². The SMILES string of the molecule is c1ccc(N(c2cccc(N(c3ccccc3)c3ccc4c(c3)c3ccccc3n4-c3ccccc3)c2)c2ccc3c(ccc4c5ccccc5ccc34)c2)cc1. The summed E-state index contributed by atoms with van der Waals surface area (Å²) >= 11 is 0. The zero-order valence-electron chi connectivity index (χ0n) is 31.2. The van der Waals surface area contributed by atoms with Crippen molar-refractivity contribution in [2.24, 2.45) is 0 Å². The lowest BCUT2D eigenvalue weighted by Crippen LogP contribution is -2.13. The van der Waals surface area contributed by atoms with Crippen LogP contribution in [0.1, 0.15) is 0 Å². The van der Waals surface area contributed by atoms with Gasteiger partial charge in [0.05, 0.1) is 11.0 Å². The number of fused-ring (bicyclic) bond motifs is 8. The van der Waals surface area contributed by atoms with E-state index in [1.54, 1.807) is 0 Å². The monoisotopic (exact) mass is 727 g/mol. The van der Waals surface area contributed by atoms with E-state index in [1.165, 1.54) is 54.1 Å². The van der Waals surface area contributed by atoms with E-state index in [9.17, 15) is 0 Å². The van der Waals surface area contributed by atoms with Gasteiger partial charge in [0.2, 0.25) is 0 Å². The Hall–Kier alpha value is -7.62. The summed E-state index contributed by atoms with van der Waals surface area (Å²) in [5.74, 6) is 0. The van der Waals surface area contributed by atoms with Crippen LogP contribution in [0.3, 0.4) is 0 Å². The number of nitrogens with zero attached hydrogens (tertiary/aromatic N) is 3. The van der Waals surface area contributed by atoms with E-state index in [4.69, 9.17) is 0 Å². The van der Waals surface area contributed by atoms with Crippen molar-refractivity contribution in [3.05, 3.63) is 224 Å². The van der Waals surface area contributed by atoms with Crippen LogP contribution in [0.25, 0.3) is 59.8 Å². The summed E-state index contributed by atoms with van der Waals surface area (Å²) in [6.45, 7) is 0. The normalized spacial score (nSPS) is 11.5. The number of hydrogen-bond acceptors (Lipinski definition) is 2. The fourth-order valence-corrected chi connectivity index (χ4v) is 8.73. The zero-order chi connectivity index (χ0) is 37.7. The molecular weight excluding hydrogens is 691 g/mol. The zero-order valence-corrected chi connectivity index (χ0v) is 31.2. The van der Waals surface area contributed by atoms with E-state index < -0.39 is 0 Å². The van der Waals surface area contributed by atoms with E-state index in [0.717, 1.165) is 39.8 Å². The van der Waals surface area contributed by atoms with Crippen molar-refractivity contribution in [3.63, 3.8) is 0 Å². The van der Waals surface area contributed by atoms with Crippen LogP contribution in [-0.2, 0) is 0 Å². The molecule has 0 radical (unpaired) electrons. The quantitative estimate of drug-likeness (QED) is 0.151. The molecule has 3 nitrogen and oxygen atoms in total. The largest absolute Gasteiger partial charge is 0.310 e. The van der Waals surface area contributed by atoms with Gasteiger partial charge in [0.1, 0.15) is 0 Å². The van der Waals surface area contributed by atoms with Crippen LogP contribution in [0.15, 0.2) is 224 Å². The second kappa shape index (κ2) is 13.6. The molecule has 11 aromatic rings. The van der Waals surface area contributed by atoms with Gasteiger partial charge in [0.15, 0.2) is 0 Å².